The zero-order valence-electron chi connectivity index (χ0n) is 16.1. The van der Waals surface area contributed by atoms with E-state index < -0.39 is 0 Å². The third-order valence-corrected chi connectivity index (χ3v) is 5.69. The molecule has 1 aliphatic heterocycles. The molecule has 5 nitrogen and oxygen atoms in total. The summed E-state index contributed by atoms with van der Waals surface area (Å²) in [5.41, 5.74) is 6.44. The van der Waals surface area contributed by atoms with Gasteiger partial charge in [0, 0.05) is 54.4 Å². The summed E-state index contributed by atoms with van der Waals surface area (Å²) >= 11 is 0. The molecule has 28 heavy (non-hydrogen) atoms. The third-order valence-electron chi connectivity index (χ3n) is 5.69. The summed E-state index contributed by atoms with van der Waals surface area (Å²) in [6.07, 6.45) is 2.82. The van der Waals surface area contributed by atoms with Gasteiger partial charge < -0.3 is 9.47 Å². The molecule has 0 bridgehead atoms. The van der Waals surface area contributed by atoms with Crippen molar-refractivity contribution >= 4 is 16.8 Å². The fourth-order valence-corrected chi connectivity index (χ4v) is 4.31. The van der Waals surface area contributed by atoms with Gasteiger partial charge in [-0.2, -0.15) is 5.10 Å². The van der Waals surface area contributed by atoms with E-state index in [1.165, 1.54) is 11.1 Å². The largest absolute Gasteiger partial charge is 0.351 e. The highest BCUT2D eigenvalue weighted by atomic mass is 16.2. The monoisotopic (exact) mass is 370 g/mol. The van der Waals surface area contributed by atoms with Gasteiger partial charge in [-0.05, 0) is 24.6 Å². The molecule has 5 rings (SSSR count). The molecular weight excluding hydrogens is 348 g/mol. The second kappa shape index (κ2) is 6.37. The van der Waals surface area contributed by atoms with Crippen molar-refractivity contribution in [3.63, 3.8) is 0 Å². The summed E-state index contributed by atoms with van der Waals surface area (Å²) in [6.45, 7) is 1.26. The number of hydrogen-bond donors (Lipinski definition) is 0. The first-order chi connectivity index (χ1) is 13.6. The van der Waals surface area contributed by atoms with Crippen molar-refractivity contribution in [2.75, 3.05) is 6.54 Å². The van der Waals surface area contributed by atoms with Crippen LogP contribution in [0, 0.1) is 0 Å². The topological polar surface area (TPSA) is 43.1 Å². The zero-order valence-corrected chi connectivity index (χ0v) is 16.1. The second-order valence-electron chi connectivity index (χ2n) is 7.41. The number of carbonyl (C=O) groups excluding carboxylic acids is 1. The minimum atomic E-state index is 0.0781. The fourth-order valence-electron chi connectivity index (χ4n) is 4.31. The smallest absolute Gasteiger partial charge is 0.254 e. The van der Waals surface area contributed by atoms with E-state index in [4.69, 9.17) is 5.10 Å². The van der Waals surface area contributed by atoms with Crippen LogP contribution >= 0.6 is 0 Å². The lowest BCUT2D eigenvalue weighted by Crippen LogP contribution is -2.36. The van der Waals surface area contributed by atoms with Gasteiger partial charge in [-0.1, -0.05) is 36.4 Å². The molecule has 0 radical (unpaired) electrons. The van der Waals surface area contributed by atoms with E-state index in [9.17, 15) is 4.79 Å². The predicted octanol–water partition coefficient (Wildman–Crippen LogP) is 3.78. The van der Waals surface area contributed by atoms with Crippen molar-refractivity contribution in [2.24, 2.45) is 14.1 Å². The first-order valence-corrected chi connectivity index (χ1v) is 9.57. The number of nitrogens with zero attached hydrogens (tertiary/aromatic N) is 4. The van der Waals surface area contributed by atoms with E-state index in [2.05, 4.69) is 12.1 Å². The molecule has 1 aliphatic rings. The Labute approximate surface area is 163 Å². The number of rotatable bonds is 2. The maximum Gasteiger partial charge on any atom is 0.254 e. The predicted molar refractivity (Wildman–Crippen MR) is 110 cm³/mol. The first kappa shape index (κ1) is 16.8. The molecule has 3 heterocycles. The number of benzene rings is 2. The number of fused-ring (bicyclic) bond motifs is 2. The summed E-state index contributed by atoms with van der Waals surface area (Å²) < 4.78 is 4.00. The maximum atomic E-state index is 13.3. The van der Waals surface area contributed by atoms with Crippen molar-refractivity contribution in [1.29, 1.82) is 0 Å². The van der Waals surface area contributed by atoms with Gasteiger partial charge in [-0.3, -0.25) is 9.48 Å². The Hall–Kier alpha value is -3.34. The third kappa shape index (κ3) is 2.54. The first-order valence-electron chi connectivity index (χ1n) is 9.57. The molecule has 2 aromatic carbocycles. The quantitative estimate of drug-likeness (QED) is 0.539. The maximum absolute atomic E-state index is 13.3. The van der Waals surface area contributed by atoms with Gasteiger partial charge in [0.25, 0.3) is 5.91 Å². The average molecular weight is 370 g/mol. The van der Waals surface area contributed by atoms with Crippen LogP contribution in [0.15, 0.2) is 60.8 Å². The van der Waals surface area contributed by atoms with Crippen LogP contribution in [-0.2, 0) is 27.1 Å². The van der Waals surface area contributed by atoms with Crippen LogP contribution in [0.5, 0.6) is 0 Å². The van der Waals surface area contributed by atoms with Crippen LogP contribution in [0.2, 0.25) is 0 Å². The van der Waals surface area contributed by atoms with E-state index >= 15 is 0 Å². The van der Waals surface area contributed by atoms with Crippen molar-refractivity contribution in [3.8, 4) is 11.3 Å². The normalized spacial score (nSPS) is 13.7. The Morgan fingerprint density at radius 1 is 1.00 bits per heavy atom. The Morgan fingerprint density at radius 2 is 1.82 bits per heavy atom. The molecule has 0 unspecified atom stereocenters. The Balaban J connectivity index is 1.49. The highest BCUT2D eigenvalue weighted by Gasteiger charge is 2.28. The van der Waals surface area contributed by atoms with Gasteiger partial charge in [0.2, 0.25) is 0 Å². The molecule has 0 spiro atoms. The molecule has 0 atom stereocenters. The fraction of sp³-hybridized carbons (Fsp3) is 0.217. The van der Waals surface area contributed by atoms with Crippen LogP contribution in [0.25, 0.3) is 22.2 Å². The second-order valence-corrected chi connectivity index (χ2v) is 7.41. The van der Waals surface area contributed by atoms with Gasteiger partial charge in [0.1, 0.15) is 0 Å². The summed E-state index contributed by atoms with van der Waals surface area (Å²) in [5.74, 6) is 0.0781. The Morgan fingerprint density at radius 3 is 2.64 bits per heavy atom. The molecule has 0 saturated heterocycles. The summed E-state index contributed by atoms with van der Waals surface area (Å²) in [7, 11) is 3.99. The molecular formula is C23H22N4O. The van der Waals surface area contributed by atoms with Crippen LogP contribution in [0.4, 0.5) is 0 Å². The number of aromatic nitrogens is 3. The molecule has 0 fully saturated rings. The highest BCUT2D eigenvalue weighted by molar-refractivity contribution is 6.06. The summed E-state index contributed by atoms with van der Waals surface area (Å²) in [6, 6.07) is 18.3. The molecule has 1 amide bonds. The SMILES string of the molecule is Cn1nc2c(c1-c1ccccc1)CCN(C(=O)c1cccc3c1ccn3C)C2. The molecule has 0 aliphatic carbocycles. The van der Waals surface area contributed by atoms with Crippen molar-refractivity contribution in [1.82, 2.24) is 19.2 Å². The molecule has 140 valence electrons. The lowest BCUT2D eigenvalue weighted by molar-refractivity contribution is 0.0734. The molecule has 0 N–H and O–H groups in total. The van der Waals surface area contributed by atoms with Crippen molar-refractivity contribution < 1.29 is 4.79 Å². The average Bonchev–Trinajstić information content (AvgIpc) is 3.26. The summed E-state index contributed by atoms with van der Waals surface area (Å²) in [5, 5.41) is 5.75. The molecule has 5 heteroatoms. The van der Waals surface area contributed by atoms with Crippen LogP contribution < -0.4 is 0 Å². The van der Waals surface area contributed by atoms with E-state index in [-0.39, 0.29) is 5.91 Å². The van der Waals surface area contributed by atoms with E-state index in [1.807, 2.05) is 76.9 Å². The molecule has 2 aromatic heterocycles. The zero-order chi connectivity index (χ0) is 19.3. The lowest BCUT2D eigenvalue weighted by atomic mass is 9.99. The van der Waals surface area contributed by atoms with Gasteiger partial charge in [-0.25, -0.2) is 0 Å². The number of aryl methyl sites for hydroxylation is 2. The van der Waals surface area contributed by atoms with Gasteiger partial charge >= 0.3 is 0 Å². The van der Waals surface area contributed by atoms with Crippen molar-refractivity contribution in [3.05, 3.63) is 77.6 Å². The standard InChI is InChI=1S/C23H22N4O/c1-25-13-11-17-18(9-6-10-21(17)25)23(28)27-14-12-19-20(15-27)24-26(2)22(19)16-7-4-3-5-8-16/h3-11,13H,12,14-15H2,1-2H3. The van der Waals surface area contributed by atoms with Gasteiger partial charge in [-0.15, -0.1) is 0 Å². The van der Waals surface area contributed by atoms with Crippen LogP contribution in [0.1, 0.15) is 21.6 Å². The van der Waals surface area contributed by atoms with Crippen LogP contribution in [-0.4, -0.2) is 31.7 Å². The lowest BCUT2D eigenvalue weighted by Gasteiger charge is -2.27. The Kier molecular flexibility index (Phi) is 3.83. The highest BCUT2D eigenvalue weighted by Crippen LogP contribution is 2.31. The van der Waals surface area contributed by atoms with Crippen LogP contribution in [0.3, 0.4) is 0 Å². The summed E-state index contributed by atoms with van der Waals surface area (Å²) in [4.78, 5) is 15.2. The Bertz CT molecular complexity index is 1190. The van der Waals surface area contributed by atoms with Crippen molar-refractivity contribution in [2.45, 2.75) is 13.0 Å². The van der Waals surface area contributed by atoms with Gasteiger partial charge in [0.05, 0.1) is 17.9 Å². The van der Waals surface area contributed by atoms with Gasteiger partial charge in [0.15, 0.2) is 0 Å². The number of amides is 1. The molecule has 4 aromatic rings. The minimum Gasteiger partial charge on any atom is -0.351 e. The van der Waals surface area contributed by atoms with E-state index in [0.717, 1.165) is 34.3 Å². The number of carbonyl (C=O) groups is 1. The van der Waals surface area contributed by atoms with E-state index in [1.54, 1.807) is 0 Å². The number of hydrogen-bond acceptors (Lipinski definition) is 2. The molecule has 0 saturated carbocycles. The van der Waals surface area contributed by atoms with E-state index in [0.29, 0.717) is 13.1 Å². The minimum absolute atomic E-state index is 0.0781.